The monoisotopic (exact) mass is 1560 g/mol. The molecule has 0 bridgehead atoms. The average molecular weight is 1560 g/mol. The van der Waals surface area contributed by atoms with Crippen molar-refractivity contribution in [3.8, 4) is 110 Å². The Morgan fingerprint density at radius 1 is 0.358 bits per heavy atom. The smallest absolute Gasteiger partial charge is 0.744 e. The molecule has 530 valence electrons. The van der Waals surface area contributed by atoms with Gasteiger partial charge >= 0.3 is 103 Å². The molecule has 0 atom stereocenters. The number of hydrogen-bond donors (Lipinski definition) is 4. The summed E-state index contributed by atoms with van der Waals surface area (Å²) in [4.78, 5) is -1.50. The van der Waals surface area contributed by atoms with E-state index in [0.29, 0.717) is 45.8 Å². The molecule has 0 fully saturated rings. The first-order chi connectivity index (χ1) is 49.3. The first-order valence-electron chi connectivity index (χ1n) is 30.0. The number of benzene rings is 12. The van der Waals surface area contributed by atoms with Gasteiger partial charge < -0.3 is 48.5 Å². The van der Waals surface area contributed by atoms with Crippen LogP contribution in [0.2, 0.25) is 0 Å². The Hall–Kier alpha value is -9.13. The molecule has 18 nitrogen and oxygen atoms in total. The van der Waals surface area contributed by atoms with Gasteiger partial charge in [0.15, 0.2) is 0 Å². The van der Waals surface area contributed by atoms with Crippen LogP contribution in [0.1, 0.15) is 16.7 Å². The molecule has 0 saturated heterocycles. The van der Waals surface area contributed by atoms with Crippen LogP contribution < -0.4 is 122 Å². The predicted octanol–water partition coefficient (Wildman–Crippen LogP) is 10.3. The second-order valence-electron chi connectivity index (χ2n) is 21.6. The van der Waals surface area contributed by atoms with E-state index >= 15 is 0 Å². The van der Waals surface area contributed by atoms with Crippen LogP contribution in [0.5, 0.6) is 63.2 Å². The first-order valence-corrected chi connectivity index (χ1v) is 35.8. The second-order valence-corrected chi connectivity index (χ2v) is 28.2. The molecule has 0 spiro atoms. The molecule has 0 unspecified atom stereocenters. The zero-order valence-corrected chi connectivity index (χ0v) is 65.7. The fraction of sp³-hybridized carbons (Fsp3) is 0.0256. The van der Waals surface area contributed by atoms with Crippen molar-refractivity contribution in [2.45, 2.75) is 36.3 Å². The summed E-state index contributed by atoms with van der Waals surface area (Å²) < 4.78 is 193. The molecule has 0 radical (unpaired) electrons. The number of aryl methyl sites for hydroxylation is 1. The maximum Gasteiger partial charge on any atom is 1.00 e. The third kappa shape index (κ3) is 24.5. The maximum atomic E-state index is 13.4. The van der Waals surface area contributed by atoms with Crippen LogP contribution in [0.15, 0.2) is 296 Å². The minimum absolute atomic E-state index is 0. The molecule has 0 aromatic heterocycles. The first kappa shape index (κ1) is 85.8. The van der Waals surface area contributed by atoms with E-state index in [2.05, 4.69) is 11.8 Å². The Morgan fingerprint density at radius 2 is 0.726 bits per heavy atom. The number of methoxy groups -OCH3 is 1. The van der Waals surface area contributed by atoms with E-state index in [4.69, 9.17) is 52.2 Å². The Bertz CT molecular complexity index is 5490. The van der Waals surface area contributed by atoms with Gasteiger partial charge in [-0.25, -0.2) is 51.2 Å². The largest absolute Gasteiger partial charge is 1.00 e. The van der Waals surface area contributed by atoms with Crippen LogP contribution in [0.4, 0.5) is 17.6 Å². The molecule has 0 amide bonds. The standard InChI is InChI=1S/C40H30O9S2.C14H8F2.C12H8F2O2S.C6H6O5S.C6H6O2.2K/c1-4-28-6-8-29(9-7-28)37-25-27(2)5-23-38(37)49-34-18-24-39(40(26-34)51(43,44)45)48-33-16-21-36(22-17-33)50(41,42)35-19-14-32(15-20-35)47-31-12-10-30(46-3)11-13-31;1-2-10-3-5-11(6-4-10)13-9-12(15)7-8-14(13)16;13-9-1-5-11(6-2-9)17(15,16)12-7-3-10(14)4-8-12;7-4-1-2-5(8)6(3-4)12(9,10)11;7-5-1-2-6(8)4-3-5;;/h1,5-26H,2-3H3,(H,43,44,45);1,3-9H;1-8H;1-3,7-8H,(H,9,10,11);1-4,7-8H;;/q;;;;;2*+1/p-2. The fourth-order valence-corrected chi connectivity index (χ4v) is 12.8. The van der Waals surface area contributed by atoms with Crippen LogP contribution in [-0.2, 0) is 39.9 Å². The van der Waals surface area contributed by atoms with Gasteiger partial charge in [-0.1, -0.05) is 47.7 Å². The maximum absolute atomic E-state index is 13.4. The van der Waals surface area contributed by atoms with Gasteiger partial charge in [-0.05, 0) is 243 Å². The summed E-state index contributed by atoms with van der Waals surface area (Å²) in [5.41, 5.74) is 4.80. The van der Waals surface area contributed by atoms with Crippen LogP contribution >= 0.6 is 0 Å². The number of aromatic hydroxyl groups is 4. The van der Waals surface area contributed by atoms with Gasteiger partial charge in [0, 0.05) is 34.4 Å². The Kier molecular flexibility index (Phi) is 31.5. The van der Waals surface area contributed by atoms with Gasteiger partial charge in [0.05, 0.1) is 31.6 Å². The number of terminal acetylenes is 2. The fourth-order valence-electron chi connectivity index (χ4n) is 9.06. The van der Waals surface area contributed by atoms with Crippen LogP contribution in [-0.4, -0.2) is 70.3 Å². The van der Waals surface area contributed by atoms with Crippen molar-refractivity contribution in [3.05, 3.63) is 307 Å². The topological polar surface area (TPSA) is 301 Å². The van der Waals surface area contributed by atoms with Crippen molar-refractivity contribution in [2.75, 3.05) is 7.11 Å². The Labute approximate surface area is 694 Å². The molecule has 12 rings (SSSR count). The number of ether oxygens (including phenoxy) is 4. The number of phenolic OH excluding ortho intramolecular Hbond substituents is 4. The normalized spacial score (nSPS) is 10.7. The minimum atomic E-state index is -5.02. The summed E-state index contributed by atoms with van der Waals surface area (Å²) >= 11 is 0. The van der Waals surface area contributed by atoms with Gasteiger partial charge in [0.1, 0.15) is 112 Å². The number of rotatable bonds is 15. The second kappa shape index (κ2) is 38.9. The van der Waals surface area contributed by atoms with E-state index in [0.717, 1.165) is 71.3 Å². The number of halogens is 4. The van der Waals surface area contributed by atoms with Crippen LogP contribution in [0.3, 0.4) is 0 Å². The average Bonchev–Trinajstić information content (AvgIpc) is 0.798. The zero-order valence-electron chi connectivity index (χ0n) is 56.2. The number of hydrogen-bond acceptors (Lipinski definition) is 18. The molecular weight excluding hydrogens is 1510 g/mol. The van der Waals surface area contributed by atoms with Gasteiger partial charge in [0.25, 0.3) is 0 Å². The zero-order chi connectivity index (χ0) is 75.5. The van der Waals surface area contributed by atoms with Crippen molar-refractivity contribution < 1.29 is 202 Å². The van der Waals surface area contributed by atoms with Crippen LogP contribution in [0.25, 0.3) is 22.3 Å². The van der Waals surface area contributed by atoms with Crippen molar-refractivity contribution in [3.63, 3.8) is 0 Å². The quantitative estimate of drug-likeness (QED) is 0.0185. The molecule has 0 aliphatic carbocycles. The summed E-state index contributed by atoms with van der Waals surface area (Å²) in [6, 6.07) is 62.4. The molecule has 12 aromatic carbocycles. The van der Waals surface area contributed by atoms with Crippen molar-refractivity contribution in [1.29, 1.82) is 0 Å². The summed E-state index contributed by atoms with van der Waals surface area (Å²) in [6.45, 7) is 1.93. The van der Waals surface area contributed by atoms with Crippen molar-refractivity contribution in [2.24, 2.45) is 0 Å². The van der Waals surface area contributed by atoms with Gasteiger partial charge in [-0.15, -0.1) is 12.8 Å². The number of phenols is 4. The summed E-state index contributed by atoms with van der Waals surface area (Å²) in [7, 11) is -15.8. The SMILES string of the molecule is C#Cc1ccc(-c2cc(C)ccc2Oc2ccc(Oc3ccc(S(=O)(=O)c4ccc(Oc5ccc(OC)cc5)cc4)cc3)c(S(=O)(=O)[O-])c2)cc1.C#Cc1ccc(-c2cc(F)ccc2F)cc1.O=S(=O)([O-])c1cc(O)ccc1O.O=S(=O)(c1ccc(F)cc1)c1ccc(F)cc1.Oc1ccc(O)cc1.[K+].[K+]. The van der Waals surface area contributed by atoms with E-state index < -0.39 is 78.7 Å². The molecule has 0 saturated carbocycles. The molecule has 28 heteroatoms. The van der Waals surface area contributed by atoms with Crippen LogP contribution in [0, 0.1) is 54.9 Å². The van der Waals surface area contributed by atoms with E-state index in [1.165, 1.54) is 103 Å². The van der Waals surface area contributed by atoms with Crippen molar-refractivity contribution >= 4 is 39.9 Å². The number of sulfone groups is 2. The Balaban J connectivity index is 0.000000257. The van der Waals surface area contributed by atoms with Crippen molar-refractivity contribution in [1.82, 2.24) is 0 Å². The molecule has 106 heavy (non-hydrogen) atoms. The van der Waals surface area contributed by atoms with E-state index in [9.17, 15) is 60.3 Å². The Morgan fingerprint density at radius 3 is 1.15 bits per heavy atom. The van der Waals surface area contributed by atoms with Gasteiger partial charge in [0.2, 0.25) is 19.7 Å². The molecule has 12 aromatic rings. The van der Waals surface area contributed by atoms with E-state index in [1.54, 1.807) is 86.0 Å². The molecule has 4 N–H and O–H groups in total. The summed E-state index contributed by atoms with van der Waals surface area (Å²) in [5.74, 6) is 4.43. The van der Waals surface area contributed by atoms with Gasteiger partial charge in [-0.3, -0.25) is 0 Å². The molecule has 0 heterocycles. The van der Waals surface area contributed by atoms with Gasteiger partial charge in [-0.2, -0.15) is 0 Å². The molecule has 0 aliphatic rings. The van der Waals surface area contributed by atoms with E-state index in [-0.39, 0.29) is 162 Å². The molecule has 0 aliphatic heterocycles. The predicted molar refractivity (Wildman–Crippen MR) is 376 cm³/mol. The molecular formula is C78H56F4K2O18S4. The summed E-state index contributed by atoms with van der Waals surface area (Å²) in [5, 5.41) is 35.0. The summed E-state index contributed by atoms with van der Waals surface area (Å²) in [6.07, 6.45) is 10.7. The van der Waals surface area contributed by atoms with E-state index in [1.807, 2.05) is 31.2 Å². The third-order valence-electron chi connectivity index (χ3n) is 14.3. The minimum Gasteiger partial charge on any atom is -0.744 e. The third-order valence-corrected chi connectivity index (χ3v) is 19.6.